The van der Waals surface area contributed by atoms with E-state index in [1.54, 1.807) is 22.7 Å². The van der Waals surface area contributed by atoms with Crippen LogP contribution in [0.25, 0.3) is 0 Å². The van der Waals surface area contributed by atoms with Crippen LogP contribution in [0.5, 0.6) is 0 Å². The molecule has 3 heterocycles. The molecule has 0 aliphatic carbocycles. The Morgan fingerprint density at radius 3 is 2.63 bits per heavy atom. The zero-order chi connectivity index (χ0) is 19.0. The maximum absolute atomic E-state index is 13.1. The first-order chi connectivity index (χ1) is 13.1. The number of carbonyl (C=O) groups is 1. The Balaban J connectivity index is 1.65. The monoisotopic (exact) mass is 385 g/mol. The topological polar surface area (TPSA) is 77.0 Å². The summed E-state index contributed by atoms with van der Waals surface area (Å²) in [4.78, 5) is 19.2. The van der Waals surface area contributed by atoms with Gasteiger partial charge >= 0.3 is 0 Å². The molecule has 0 spiro atoms. The summed E-state index contributed by atoms with van der Waals surface area (Å²) >= 11 is 6.24. The molecule has 140 valence electrons. The summed E-state index contributed by atoms with van der Waals surface area (Å²) in [7, 11) is 0. The lowest BCUT2D eigenvalue weighted by molar-refractivity contribution is 0.0781. The number of carbonyl (C=O) groups excluding carboxylic acids is 1. The molecular weight excluding hydrogens is 366 g/mol. The van der Waals surface area contributed by atoms with E-state index in [2.05, 4.69) is 27.4 Å². The predicted molar refractivity (Wildman–Crippen MR) is 99.8 cm³/mol. The van der Waals surface area contributed by atoms with Crippen molar-refractivity contribution in [3.8, 4) is 0 Å². The van der Waals surface area contributed by atoms with E-state index < -0.39 is 0 Å². The van der Waals surface area contributed by atoms with Crippen molar-refractivity contribution in [2.24, 2.45) is 0 Å². The Kier molecular flexibility index (Phi) is 4.70. The summed E-state index contributed by atoms with van der Waals surface area (Å²) in [6.45, 7) is 5.43. The fourth-order valence-corrected chi connectivity index (χ4v) is 3.81. The highest BCUT2D eigenvalue weighted by atomic mass is 35.5. The molecule has 7 nitrogen and oxygen atoms in total. The van der Waals surface area contributed by atoms with E-state index >= 15 is 0 Å². The quantitative estimate of drug-likeness (QED) is 0.688. The maximum atomic E-state index is 13.1. The summed E-state index contributed by atoms with van der Waals surface area (Å²) < 4.78 is 7.10. The van der Waals surface area contributed by atoms with Gasteiger partial charge in [0, 0.05) is 31.7 Å². The number of benzene rings is 1. The molecule has 27 heavy (non-hydrogen) atoms. The summed E-state index contributed by atoms with van der Waals surface area (Å²) in [5, 5.41) is 8.60. The van der Waals surface area contributed by atoms with E-state index in [4.69, 9.17) is 16.1 Å². The highest BCUT2D eigenvalue weighted by Crippen LogP contribution is 2.39. The molecule has 1 aromatic carbocycles. The average Bonchev–Trinajstić information content (AvgIpc) is 3.39. The number of nitrogens with zero attached hydrogens (tertiary/aromatic N) is 5. The Hall–Kier alpha value is -2.67. The lowest BCUT2D eigenvalue weighted by atomic mass is 9.89. The van der Waals surface area contributed by atoms with Crippen LogP contribution in [0.3, 0.4) is 0 Å². The normalized spacial score (nSPS) is 19.6. The zero-order valence-corrected chi connectivity index (χ0v) is 15.9. The lowest BCUT2D eigenvalue weighted by Gasteiger charge is -2.15. The van der Waals surface area contributed by atoms with Gasteiger partial charge in [-0.3, -0.25) is 9.48 Å². The van der Waals surface area contributed by atoms with Crippen LogP contribution in [-0.4, -0.2) is 43.8 Å². The number of amides is 1. The molecule has 1 aliphatic rings. The van der Waals surface area contributed by atoms with Crippen LogP contribution in [-0.2, 0) is 6.54 Å². The maximum Gasteiger partial charge on any atom is 0.275 e. The zero-order valence-electron chi connectivity index (χ0n) is 15.2. The molecule has 1 fully saturated rings. The Bertz CT molecular complexity index is 952. The third-order valence-corrected chi connectivity index (χ3v) is 5.22. The molecule has 1 amide bonds. The molecule has 0 N–H and O–H groups in total. The average molecular weight is 386 g/mol. The van der Waals surface area contributed by atoms with Crippen molar-refractivity contribution in [3.05, 3.63) is 64.5 Å². The molecule has 1 aliphatic heterocycles. The van der Waals surface area contributed by atoms with Gasteiger partial charge in [0.25, 0.3) is 5.91 Å². The van der Waals surface area contributed by atoms with E-state index in [-0.39, 0.29) is 23.4 Å². The second kappa shape index (κ2) is 7.15. The molecular formula is C19H20ClN5O2. The molecule has 0 bridgehead atoms. The number of halogens is 1. The summed E-state index contributed by atoms with van der Waals surface area (Å²) in [6.07, 6.45) is 1.68. The summed E-state index contributed by atoms with van der Waals surface area (Å²) in [5.74, 6) is 0.978. The van der Waals surface area contributed by atoms with Crippen LogP contribution in [0.15, 0.2) is 41.1 Å². The summed E-state index contributed by atoms with van der Waals surface area (Å²) in [5.41, 5.74) is 1.42. The molecule has 2 aromatic heterocycles. The summed E-state index contributed by atoms with van der Waals surface area (Å²) in [6, 6.07) is 10.1. The molecule has 1 saturated heterocycles. The van der Waals surface area contributed by atoms with Crippen LogP contribution in [0.2, 0.25) is 5.02 Å². The largest absolute Gasteiger partial charge is 0.339 e. The Morgan fingerprint density at radius 1 is 1.26 bits per heavy atom. The number of aromatic nitrogens is 4. The van der Waals surface area contributed by atoms with Gasteiger partial charge < -0.3 is 9.42 Å². The minimum Gasteiger partial charge on any atom is -0.339 e. The van der Waals surface area contributed by atoms with Gasteiger partial charge in [-0.25, -0.2) is 0 Å². The van der Waals surface area contributed by atoms with Crippen LogP contribution >= 0.6 is 11.6 Å². The van der Waals surface area contributed by atoms with Gasteiger partial charge in [-0.2, -0.15) is 10.1 Å². The van der Waals surface area contributed by atoms with Crippen molar-refractivity contribution in [1.82, 2.24) is 24.8 Å². The van der Waals surface area contributed by atoms with Crippen molar-refractivity contribution in [2.75, 3.05) is 13.1 Å². The van der Waals surface area contributed by atoms with Crippen LogP contribution < -0.4 is 0 Å². The second-order valence-corrected chi connectivity index (χ2v) is 7.10. The third kappa shape index (κ3) is 3.35. The standard InChI is InChI=1S/C19H20ClN5O2/c1-3-25-11-16(20)17(22-25)19(26)24-9-14(13-7-5-4-6-8-13)15(10-24)18-21-12(2)23-27-18/h4-8,11,14-15H,3,9-10H2,1-2H3/t14-,15+/m0/s1. The molecule has 4 rings (SSSR count). The number of hydrogen-bond acceptors (Lipinski definition) is 5. The Labute approximate surface area is 161 Å². The van der Waals surface area contributed by atoms with Gasteiger partial charge in [-0.1, -0.05) is 47.1 Å². The van der Waals surface area contributed by atoms with E-state index in [9.17, 15) is 4.79 Å². The van der Waals surface area contributed by atoms with Gasteiger partial charge in [0.2, 0.25) is 5.89 Å². The highest BCUT2D eigenvalue weighted by Gasteiger charge is 2.41. The van der Waals surface area contributed by atoms with Gasteiger partial charge in [0.15, 0.2) is 11.5 Å². The van der Waals surface area contributed by atoms with Crippen LogP contribution in [0.4, 0.5) is 0 Å². The van der Waals surface area contributed by atoms with Gasteiger partial charge in [0.1, 0.15) is 0 Å². The third-order valence-electron chi connectivity index (χ3n) is 4.94. The fraction of sp³-hybridized carbons (Fsp3) is 0.368. The van der Waals surface area contributed by atoms with Crippen LogP contribution in [0.1, 0.15) is 46.5 Å². The SMILES string of the molecule is CCn1cc(Cl)c(C(=O)N2C[C@@H](c3ccccc3)[C@H](c3nc(C)no3)C2)n1. The first-order valence-corrected chi connectivity index (χ1v) is 9.32. The van der Waals surface area contributed by atoms with Crippen molar-refractivity contribution >= 4 is 17.5 Å². The van der Waals surface area contributed by atoms with Crippen molar-refractivity contribution < 1.29 is 9.32 Å². The number of hydrogen-bond donors (Lipinski definition) is 0. The van der Waals surface area contributed by atoms with E-state index in [1.165, 1.54) is 0 Å². The smallest absolute Gasteiger partial charge is 0.275 e. The fourth-order valence-electron chi connectivity index (χ4n) is 3.58. The number of rotatable bonds is 4. The molecule has 0 radical (unpaired) electrons. The van der Waals surface area contributed by atoms with Gasteiger partial charge in [-0.15, -0.1) is 0 Å². The molecule has 0 saturated carbocycles. The number of aryl methyl sites for hydroxylation is 2. The molecule has 3 aromatic rings. The van der Waals surface area contributed by atoms with Gasteiger partial charge in [0.05, 0.1) is 10.9 Å². The molecule has 8 heteroatoms. The van der Waals surface area contributed by atoms with Gasteiger partial charge in [-0.05, 0) is 19.4 Å². The first-order valence-electron chi connectivity index (χ1n) is 8.94. The lowest BCUT2D eigenvalue weighted by Crippen LogP contribution is -2.29. The minimum atomic E-state index is -0.174. The first kappa shape index (κ1) is 17.7. The number of likely N-dealkylation sites (tertiary alicyclic amines) is 1. The predicted octanol–water partition coefficient (Wildman–Crippen LogP) is 3.27. The highest BCUT2D eigenvalue weighted by molar-refractivity contribution is 6.33. The van der Waals surface area contributed by atoms with E-state index in [0.29, 0.717) is 36.4 Å². The van der Waals surface area contributed by atoms with Crippen molar-refractivity contribution in [3.63, 3.8) is 0 Å². The second-order valence-electron chi connectivity index (χ2n) is 6.69. The molecule has 0 unspecified atom stereocenters. The minimum absolute atomic E-state index is 0.0652. The Morgan fingerprint density at radius 2 is 2.00 bits per heavy atom. The van der Waals surface area contributed by atoms with Crippen molar-refractivity contribution in [1.29, 1.82) is 0 Å². The molecule has 2 atom stereocenters. The van der Waals surface area contributed by atoms with E-state index in [0.717, 1.165) is 5.56 Å². The van der Waals surface area contributed by atoms with Crippen LogP contribution in [0, 0.1) is 6.92 Å². The van der Waals surface area contributed by atoms with E-state index in [1.807, 2.05) is 25.1 Å². The van der Waals surface area contributed by atoms with Crippen molar-refractivity contribution in [2.45, 2.75) is 32.2 Å².